The van der Waals surface area contributed by atoms with Crippen LogP contribution in [0, 0.1) is 0 Å². The molecule has 5 aromatic rings. The van der Waals surface area contributed by atoms with Crippen molar-refractivity contribution in [2.24, 2.45) is 18.5 Å². The molecule has 64 heavy (non-hydrogen) atoms. The number of anilines is 1. The van der Waals surface area contributed by atoms with Crippen molar-refractivity contribution >= 4 is 52.2 Å². The highest BCUT2D eigenvalue weighted by atomic mass is 16.2. The van der Waals surface area contributed by atoms with Crippen molar-refractivity contribution < 1.29 is 28.8 Å². The van der Waals surface area contributed by atoms with Gasteiger partial charge < -0.3 is 22.1 Å². The first kappa shape index (κ1) is 43.8. The third kappa shape index (κ3) is 9.11. The summed E-state index contributed by atoms with van der Waals surface area (Å²) in [6, 6.07) is 24.9. The maximum atomic E-state index is 14.3. The number of benzene rings is 4. The second kappa shape index (κ2) is 18.9. The number of rotatable bonds is 16. The Bertz CT molecular complexity index is 2640. The monoisotopic (exact) mass is 866 g/mol. The Morgan fingerprint density at radius 1 is 0.781 bits per heavy atom. The molecular formula is C49H54N8O7. The highest BCUT2D eigenvalue weighted by Gasteiger charge is 2.44. The Balaban J connectivity index is 0.935. The number of hydrogen-bond acceptors (Lipinski definition) is 8. The van der Waals surface area contributed by atoms with Crippen LogP contribution in [-0.4, -0.2) is 62.7 Å². The predicted molar refractivity (Wildman–Crippen MR) is 241 cm³/mol. The minimum atomic E-state index is -1.11. The molecule has 15 nitrogen and oxygen atoms in total. The molecule has 8 rings (SSSR count). The second-order valence-corrected chi connectivity index (χ2v) is 17.2. The van der Waals surface area contributed by atoms with Crippen LogP contribution >= 0.6 is 0 Å². The lowest BCUT2D eigenvalue weighted by molar-refractivity contribution is -0.136. The molecule has 4 atom stereocenters. The molecule has 332 valence electrons. The number of carbonyl (C=O) groups excluding carboxylic acids is 6. The van der Waals surface area contributed by atoms with Crippen LogP contribution in [0.1, 0.15) is 96.8 Å². The van der Waals surface area contributed by atoms with Crippen molar-refractivity contribution in [3.8, 4) is 0 Å². The molecule has 1 fully saturated rings. The van der Waals surface area contributed by atoms with E-state index in [0.29, 0.717) is 24.0 Å². The lowest BCUT2D eigenvalue weighted by Crippen LogP contribution is -2.56. The van der Waals surface area contributed by atoms with E-state index in [0.717, 1.165) is 71.0 Å². The van der Waals surface area contributed by atoms with Crippen molar-refractivity contribution in [3.63, 3.8) is 0 Å². The van der Waals surface area contributed by atoms with E-state index in [1.807, 2.05) is 78.9 Å². The molecule has 6 amide bonds. The third-order valence-electron chi connectivity index (χ3n) is 12.8. The van der Waals surface area contributed by atoms with Crippen molar-refractivity contribution in [1.82, 2.24) is 25.1 Å². The van der Waals surface area contributed by atoms with Gasteiger partial charge >= 0.3 is 5.69 Å². The molecule has 4 aromatic carbocycles. The van der Waals surface area contributed by atoms with Crippen molar-refractivity contribution in [1.29, 1.82) is 0 Å². The summed E-state index contributed by atoms with van der Waals surface area (Å²) < 4.78 is 3.04. The van der Waals surface area contributed by atoms with Crippen LogP contribution in [0.4, 0.5) is 5.69 Å². The number of unbranched alkanes of at least 4 members (excludes halogenated alkanes) is 2. The first-order valence-corrected chi connectivity index (χ1v) is 22.1. The zero-order chi connectivity index (χ0) is 45.1. The first-order valence-electron chi connectivity index (χ1n) is 22.1. The van der Waals surface area contributed by atoms with Crippen molar-refractivity contribution in [2.75, 3.05) is 4.90 Å². The molecule has 15 heteroatoms. The van der Waals surface area contributed by atoms with Gasteiger partial charge in [0.2, 0.25) is 35.4 Å². The average Bonchev–Trinajstić information content (AvgIpc) is 3.75. The van der Waals surface area contributed by atoms with Gasteiger partial charge in [-0.05, 0) is 96.9 Å². The van der Waals surface area contributed by atoms with E-state index >= 15 is 0 Å². The highest BCUT2D eigenvalue weighted by Crippen LogP contribution is 2.40. The smallest absolute Gasteiger partial charge is 0.329 e. The van der Waals surface area contributed by atoms with Crippen LogP contribution in [0.2, 0.25) is 0 Å². The van der Waals surface area contributed by atoms with E-state index < -0.39 is 53.8 Å². The summed E-state index contributed by atoms with van der Waals surface area (Å²) in [5.74, 6) is -2.74. The molecular weight excluding hydrogens is 813 g/mol. The number of primary amides is 1. The summed E-state index contributed by atoms with van der Waals surface area (Å²) in [4.78, 5) is 93.3. The summed E-state index contributed by atoms with van der Waals surface area (Å²) in [5, 5.41) is 8.33. The van der Waals surface area contributed by atoms with Gasteiger partial charge in [-0.15, -0.1) is 0 Å². The zero-order valence-corrected chi connectivity index (χ0v) is 35.9. The van der Waals surface area contributed by atoms with Crippen LogP contribution in [0.3, 0.4) is 0 Å². The largest absolute Gasteiger partial charge is 0.370 e. The van der Waals surface area contributed by atoms with E-state index in [1.54, 1.807) is 11.6 Å². The molecule has 1 aromatic heterocycles. The van der Waals surface area contributed by atoms with Gasteiger partial charge in [0.25, 0.3) is 0 Å². The van der Waals surface area contributed by atoms with E-state index in [4.69, 9.17) is 11.5 Å². The molecule has 1 saturated heterocycles. The van der Waals surface area contributed by atoms with E-state index in [1.165, 1.54) is 9.47 Å². The zero-order valence-electron chi connectivity index (χ0n) is 35.9. The average molecular weight is 867 g/mol. The van der Waals surface area contributed by atoms with Gasteiger partial charge in [-0.25, -0.2) is 4.79 Å². The lowest BCUT2D eigenvalue weighted by atomic mass is 9.95. The standard InChI is InChI=1S/C49H54N8O7/c1-55-39-27-29(17-21-37(39)56(49(55)64)38-22-24-42(59)53-46(38)61)11-5-2-6-12-30-25-33-18-19-35(50)48(63)57-40(28-34(26-30)44(33)57)47(62)52-36(20-23-41(51)58)45(60)54-43(31-13-7-3-8-14-31)32-15-9-4-10-16-32/h3-4,7-10,13-17,21,25-27,35-36,38,40,43H,2,5-6,11-12,18-20,22-24,28,50H2,1H3,(H2,51,58)(H,52,62)(H,54,60)(H,53,59,61)/t35-,36-,38?,40-/m0/s1. The fourth-order valence-corrected chi connectivity index (χ4v) is 9.52. The van der Waals surface area contributed by atoms with Crippen molar-refractivity contribution in [3.05, 3.63) is 135 Å². The number of nitrogens with zero attached hydrogens (tertiary/aromatic N) is 3. The number of nitrogens with one attached hydrogen (secondary N) is 3. The summed E-state index contributed by atoms with van der Waals surface area (Å²) in [5.41, 5.74) is 19.5. The van der Waals surface area contributed by atoms with Gasteiger partial charge in [-0.3, -0.25) is 48.1 Å². The van der Waals surface area contributed by atoms with E-state index in [9.17, 15) is 33.6 Å². The lowest BCUT2D eigenvalue weighted by Gasteiger charge is -2.29. The van der Waals surface area contributed by atoms with Gasteiger partial charge in [-0.1, -0.05) is 85.3 Å². The molecule has 7 N–H and O–H groups in total. The molecule has 1 unspecified atom stereocenters. The first-order chi connectivity index (χ1) is 30.9. The van der Waals surface area contributed by atoms with Gasteiger partial charge in [0.05, 0.1) is 28.8 Å². The van der Waals surface area contributed by atoms with Gasteiger partial charge in [0.1, 0.15) is 18.1 Å². The molecule has 0 spiro atoms. The van der Waals surface area contributed by atoms with E-state index in [2.05, 4.69) is 28.1 Å². The molecule has 3 aliphatic rings. The summed E-state index contributed by atoms with van der Waals surface area (Å²) in [6.07, 6.45) is 5.89. The number of imidazole rings is 1. The number of nitrogens with two attached hydrogens (primary N) is 2. The minimum Gasteiger partial charge on any atom is -0.370 e. The van der Waals surface area contributed by atoms with Crippen molar-refractivity contribution in [2.45, 2.75) is 107 Å². The minimum absolute atomic E-state index is 0.0297. The van der Waals surface area contributed by atoms with Gasteiger partial charge in [0.15, 0.2) is 0 Å². The predicted octanol–water partition coefficient (Wildman–Crippen LogP) is 3.46. The van der Waals surface area contributed by atoms with E-state index in [-0.39, 0.29) is 49.6 Å². The van der Waals surface area contributed by atoms with Crippen LogP contribution in [0.25, 0.3) is 11.0 Å². The maximum Gasteiger partial charge on any atom is 0.329 e. The molecule has 3 aliphatic heterocycles. The Hall–Kier alpha value is -6.87. The number of amides is 6. The molecule has 0 saturated carbocycles. The Labute approximate surface area is 370 Å². The second-order valence-electron chi connectivity index (χ2n) is 17.2. The number of hydrogen-bond donors (Lipinski definition) is 5. The topological polar surface area (TPSA) is 221 Å². The summed E-state index contributed by atoms with van der Waals surface area (Å²) >= 11 is 0. The number of fused-ring (bicyclic) bond motifs is 1. The number of imide groups is 1. The van der Waals surface area contributed by atoms with Gasteiger partial charge in [0, 0.05) is 26.3 Å². The maximum absolute atomic E-state index is 14.3. The number of piperidine rings is 1. The van der Waals surface area contributed by atoms with Gasteiger partial charge in [-0.2, -0.15) is 0 Å². The normalized spacial score (nSPS) is 18.7. The number of carbonyl (C=O) groups is 6. The molecule has 0 bridgehead atoms. The fraction of sp³-hybridized carbons (Fsp3) is 0.367. The Kier molecular flexibility index (Phi) is 12.9. The van der Waals surface area contributed by atoms with Crippen LogP contribution in [-0.2, 0) is 61.5 Å². The molecule has 0 aliphatic carbocycles. The van der Waals surface area contributed by atoms with Crippen LogP contribution < -0.4 is 38.0 Å². The number of aromatic nitrogens is 2. The quantitative estimate of drug-likeness (QED) is 0.0729. The SMILES string of the molecule is Cn1c(=O)n(C2CCC(=O)NC2=O)c2ccc(CCCCCc3cc4c5c(c3)C[C@@H](C(=O)N[C@@H](CCC(N)=O)C(=O)NC(c3ccccc3)c3ccccc3)N5C(=O)[C@@H](N)CC4)cc21. The van der Waals surface area contributed by atoms with Crippen LogP contribution in [0.5, 0.6) is 0 Å². The molecule has 0 radical (unpaired) electrons. The van der Waals surface area contributed by atoms with Crippen LogP contribution in [0.15, 0.2) is 95.8 Å². The highest BCUT2D eigenvalue weighted by molar-refractivity contribution is 6.07. The number of aryl methyl sites for hydroxylation is 4. The molecule has 4 heterocycles. The Morgan fingerprint density at radius 3 is 2.12 bits per heavy atom. The summed E-state index contributed by atoms with van der Waals surface area (Å²) in [6.45, 7) is 0. The summed E-state index contributed by atoms with van der Waals surface area (Å²) in [7, 11) is 1.69. The third-order valence-corrected chi connectivity index (χ3v) is 12.8. The fourth-order valence-electron chi connectivity index (χ4n) is 9.52. The Morgan fingerprint density at radius 2 is 1.45 bits per heavy atom.